The van der Waals surface area contributed by atoms with Gasteiger partial charge in [-0.25, -0.2) is 19.3 Å². The van der Waals surface area contributed by atoms with E-state index in [0.717, 1.165) is 6.54 Å². The smallest absolute Gasteiger partial charge is 0.294 e. The highest BCUT2D eigenvalue weighted by Gasteiger charge is 2.23. The lowest BCUT2D eigenvalue weighted by Gasteiger charge is -2.22. The summed E-state index contributed by atoms with van der Waals surface area (Å²) in [5, 5.41) is 15.2. The van der Waals surface area contributed by atoms with Gasteiger partial charge in [0.05, 0.1) is 23.2 Å². The van der Waals surface area contributed by atoms with E-state index in [-0.39, 0.29) is 22.2 Å². The van der Waals surface area contributed by atoms with Crippen molar-refractivity contribution in [3.05, 3.63) is 57.5 Å². The third kappa shape index (κ3) is 5.39. The maximum atomic E-state index is 14.4. The number of halogens is 2. The van der Waals surface area contributed by atoms with Crippen molar-refractivity contribution >= 4 is 45.6 Å². The van der Waals surface area contributed by atoms with Crippen LogP contribution in [0, 0.1) is 15.9 Å². The fourth-order valence-corrected chi connectivity index (χ4v) is 4.05. The molecule has 0 aliphatic rings. The Morgan fingerprint density at radius 3 is 2.62 bits per heavy atom. The molecule has 2 aromatic heterocycles. The quantitative estimate of drug-likeness (QED) is 0.248. The molecule has 0 amide bonds. The van der Waals surface area contributed by atoms with Crippen LogP contribution in [0.4, 0.5) is 27.4 Å². The first-order chi connectivity index (χ1) is 17.6. The summed E-state index contributed by atoms with van der Waals surface area (Å²) in [4.78, 5) is 28.4. The van der Waals surface area contributed by atoms with Crippen molar-refractivity contribution in [1.29, 1.82) is 0 Å². The van der Waals surface area contributed by atoms with Gasteiger partial charge in [-0.2, -0.15) is 0 Å². The number of benzene rings is 2. The number of rotatable bonds is 9. The summed E-state index contributed by atoms with van der Waals surface area (Å²) >= 11 is 6.01. The highest BCUT2D eigenvalue weighted by molar-refractivity contribution is 6.31. The standard InChI is InChI=1S/C24H26ClFN8O3/c1-31(2)8-9-32(3)18-13-21(37-5)17(12-19(18)34(35)36)29-24-27-7-6-16(28-24)23-30-22-15(26)10-14(25)11-20(22)33(23)4/h6-7,10-13H,8-9H2,1-5H3,(H,27,28,29). The zero-order valence-electron chi connectivity index (χ0n) is 21.0. The second-order valence-electron chi connectivity index (χ2n) is 8.66. The van der Waals surface area contributed by atoms with Crippen molar-refractivity contribution in [3.8, 4) is 17.3 Å². The third-order valence-corrected chi connectivity index (χ3v) is 6.04. The fourth-order valence-electron chi connectivity index (χ4n) is 3.85. The van der Waals surface area contributed by atoms with Crippen LogP contribution in [-0.2, 0) is 7.05 Å². The van der Waals surface area contributed by atoms with Crippen molar-refractivity contribution in [2.75, 3.05) is 51.6 Å². The molecular formula is C24H26ClFN8O3. The number of fused-ring (bicyclic) bond motifs is 1. The van der Waals surface area contributed by atoms with Crippen LogP contribution < -0.4 is 15.0 Å². The second kappa shape index (κ2) is 10.5. The fraction of sp³-hybridized carbons (Fsp3) is 0.292. The normalized spacial score (nSPS) is 11.2. The maximum Gasteiger partial charge on any atom is 0.294 e. The van der Waals surface area contributed by atoms with E-state index in [0.29, 0.717) is 40.7 Å². The molecule has 0 aliphatic heterocycles. The number of anilines is 3. The molecule has 0 aliphatic carbocycles. The Bertz CT molecular complexity index is 1480. The number of hydrogen-bond acceptors (Lipinski definition) is 9. The molecule has 0 saturated heterocycles. The lowest BCUT2D eigenvalue weighted by molar-refractivity contribution is -0.384. The zero-order chi connectivity index (χ0) is 26.9. The molecule has 194 valence electrons. The molecule has 4 aromatic rings. The van der Waals surface area contributed by atoms with E-state index in [1.807, 2.05) is 19.0 Å². The number of imidazole rings is 1. The number of nitro groups is 1. The first kappa shape index (κ1) is 26.0. The Hall–Kier alpha value is -4.03. The monoisotopic (exact) mass is 528 g/mol. The van der Waals surface area contributed by atoms with Crippen LogP contribution in [0.3, 0.4) is 0 Å². The molecule has 13 heteroatoms. The number of nitrogens with one attached hydrogen (secondary N) is 1. The summed E-state index contributed by atoms with van der Waals surface area (Å²) in [6.07, 6.45) is 1.51. The van der Waals surface area contributed by atoms with Crippen LogP contribution in [0.1, 0.15) is 0 Å². The molecular weight excluding hydrogens is 503 g/mol. The van der Waals surface area contributed by atoms with Crippen LogP contribution in [0.2, 0.25) is 5.02 Å². The summed E-state index contributed by atoms with van der Waals surface area (Å²) in [5.41, 5.74) is 1.74. The second-order valence-corrected chi connectivity index (χ2v) is 9.10. The Kier molecular flexibility index (Phi) is 7.41. The lowest BCUT2D eigenvalue weighted by Crippen LogP contribution is -2.28. The Morgan fingerprint density at radius 1 is 1.19 bits per heavy atom. The van der Waals surface area contributed by atoms with Gasteiger partial charge in [-0.15, -0.1) is 0 Å². The van der Waals surface area contributed by atoms with Gasteiger partial charge >= 0.3 is 0 Å². The molecule has 2 heterocycles. The van der Waals surface area contributed by atoms with E-state index in [9.17, 15) is 14.5 Å². The van der Waals surface area contributed by atoms with Gasteiger partial charge in [0.1, 0.15) is 22.6 Å². The number of likely N-dealkylation sites (N-methyl/N-ethyl adjacent to an activating group) is 2. The summed E-state index contributed by atoms with van der Waals surface area (Å²) < 4.78 is 21.6. The van der Waals surface area contributed by atoms with Crippen LogP contribution in [0.5, 0.6) is 5.75 Å². The van der Waals surface area contributed by atoms with E-state index >= 15 is 0 Å². The SMILES string of the molecule is COc1cc(N(C)CCN(C)C)c([N+](=O)[O-])cc1Nc1nccc(-c2nc3c(F)cc(Cl)cc3n2C)n1. The molecule has 0 unspecified atom stereocenters. The molecule has 0 bridgehead atoms. The van der Waals surface area contributed by atoms with Gasteiger partial charge < -0.3 is 24.4 Å². The van der Waals surface area contributed by atoms with Crippen molar-refractivity contribution in [2.24, 2.45) is 7.05 Å². The maximum absolute atomic E-state index is 14.4. The minimum absolute atomic E-state index is 0.0941. The first-order valence-corrected chi connectivity index (χ1v) is 11.6. The van der Waals surface area contributed by atoms with Gasteiger partial charge in [-0.05, 0) is 32.3 Å². The Morgan fingerprint density at radius 2 is 1.95 bits per heavy atom. The Labute approximate surface area is 217 Å². The van der Waals surface area contributed by atoms with Gasteiger partial charge in [0, 0.05) is 50.5 Å². The lowest BCUT2D eigenvalue weighted by atomic mass is 10.2. The highest BCUT2D eigenvalue weighted by Crippen LogP contribution is 2.39. The van der Waals surface area contributed by atoms with Crippen LogP contribution in [0.25, 0.3) is 22.6 Å². The molecule has 0 saturated carbocycles. The molecule has 2 aromatic carbocycles. The Balaban J connectivity index is 1.71. The average molecular weight is 529 g/mol. The average Bonchev–Trinajstić information content (AvgIpc) is 3.19. The van der Waals surface area contributed by atoms with Crippen LogP contribution in [-0.4, -0.2) is 70.7 Å². The third-order valence-electron chi connectivity index (χ3n) is 5.82. The minimum atomic E-state index is -0.538. The number of aryl methyl sites for hydroxylation is 1. The van der Waals surface area contributed by atoms with Crippen LogP contribution in [0.15, 0.2) is 36.5 Å². The number of methoxy groups -OCH3 is 1. The van der Waals surface area contributed by atoms with Gasteiger partial charge in [-0.1, -0.05) is 11.6 Å². The molecule has 0 radical (unpaired) electrons. The van der Waals surface area contributed by atoms with Gasteiger partial charge in [0.25, 0.3) is 5.69 Å². The first-order valence-electron chi connectivity index (χ1n) is 11.2. The minimum Gasteiger partial charge on any atom is -0.494 e. The predicted molar refractivity (Wildman–Crippen MR) is 141 cm³/mol. The van der Waals surface area contributed by atoms with Crippen molar-refractivity contribution < 1.29 is 14.1 Å². The van der Waals surface area contributed by atoms with Gasteiger partial charge in [-0.3, -0.25) is 10.1 Å². The predicted octanol–water partition coefficient (Wildman–Crippen LogP) is 4.48. The molecule has 1 N–H and O–H groups in total. The number of nitro benzene ring substituents is 1. The summed E-state index contributed by atoms with van der Waals surface area (Å²) in [6, 6.07) is 7.46. The summed E-state index contributed by atoms with van der Waals surface area (Å²) in [7, 11) is 8.87. The molecule has 11 nitrogen and oxygen atoms in total. The van der Waals surface area contributed by atoms with Crippen molar-refractivity contribution in [2.45, 2.75) is 0 Å². The molecule has 0 fully saturated rings. The van der Waals surface area contributed by atoms with Crippen molar-refractivity contribution in [3.63, 3.8) is 0 Å². The topological polar surface area (TPSA) is 114 Å². The highest BCUT2D eigenvalue weighted by atomic mass is 35.5. The largest absolute Gasteiger partial charge is 0.494 e. The van der Waals surface area contributed by atoms with E-state index in [1.54, 1.807) is 41.8 Å². The summed E-state index contributed by atoms with van der Waals surface area (Å²) in [6.45, 7) is 1.30. The van der Waals surface area contributed by atoms with E-state index in [2.05, 4.69) is 20.3 Å². The molecule has 0 spiro atoms. The summed E-state index contributed by atoms with van der Waals surface area (Å²) in [5.74, 6) is 0.400. The molecule has 4 rings (SSSR count). The number of hydrogen-bond donors (Lipinski definition) is 1. The van der Waals surface area contributed by atoms with Crippen LogP contribution >= 0.6 is 11.6 Å². The van der Waals surface area contributed by atoms with Crippen molar-refractivity contribution in [1.82, 2.24) is 24.4 Å². The molecule has 0 atom stereocenters. The number of ether oxygens (including phenoxy) is 1. The van der Waals surface area contributed by atoms with Gasteiger partial charge in [0.15, 0.2) is 11.6 Å². The van der Waals surface area contributed by atoms with E-state index in [4.69, 9.17) is 16.3 Å². The number of aromatic nitrogens is 4. The molecule has 37 heavy (non-hydrogen) atoms. The van der Waals surface area contributed by atoms with E-state index < -0.39 is 10.7 Å². The van der Waals surface area contributed by atoms with E-state index in [1.165, 1.54) is 25.4 Å². The van der Waals surface area contributed by atoms with Gasteiger partial charge in [0.2, 0.25) is 5.95 Å². The number of nitrogens with zero attached hydrogens (tertiary/aromatic N) is 7. The zero-order valence-corrected chi connectivity index (χ0v) is 21.7.